The highest BCUT2D eigenvalue weighted by Crippen LogP contribution is 2.27. The molecule has 0 bridgehead atoms. The van der Waals surface area contributed by atoms with Crippen molar-refractivity contribution in [2.45, 2.75) is 52.2 Å². The highest BCUT2D eigenvalue weighted by molar-refractivity contribution is 5.77. The van der Waals surface area contributed by atoms with Crippen molar-refractivity contribution in [3.63, 3.8) is 0 Å². The fourth-order valence-electron chi connectivity index (χ4n) is 2.36. The highest BCUT2D eigenvalue weighted by atomic mass is 16.5. The van der Waals surface area contributed by atoms with Crippen LogP contribution in [-0.2, 0) is 14.3 Å². The number of carbonyl (C=O) groups excluding carboxylic acids is 1. The van der Waals surface area contributed by atoms with Crippen LogP contribution in [-0.4, -0.2) is 48.3 Å². The largest absolute Gasteiger partial charge is 0.372 e. The molecule has 0 atom stereocenters. The maximum atomic E-state index is 12.0. The van der Waals surface area contributed by atoms with E-state index in [2.05, 4.69) is 0 Å². The maximum absolute atomic E-state index is 12.0. The Balaban J connectivity index is 2.55. The first kappa shape index (κ1) is 14.5. The van der Waals surface area contributed by atoms with Gasteiger partial charge >= 0.3 is 0 Å². The van der Waals surface area contributed by atoms with Crippen LogP contribution in [0, 0.1) is 0 Å². The monoisotopic (exact) mass is 243 g/mol. The molecule has 1 saturated heterocycles. The third-order valence-corrected chi connectivity index (χ3v) is 2.62. The molecule has 1 aliphatic rings. The van der Waals surface area contributed by atoms with Crippen molar-refractivity contribution in [2.75, 3.05) is 26.3 Å². The quantitative estimate of drug-likeness (QED) is 0.707. The van der Waals surface area contributed by atoms with E-state index in [1.165, 1.54) is 0 Å². The summed E-state index contributed by atoms with van der Waals surface area (Å²) in [5.41, 5.74) is -0.579. The van der Waals surface area contributed by atoms with Crippen LogP contribution in [0.5, 0.6) is 0 Å². The minimum atomic E-state index is -0.290. The lowest BCUT2D eigenvalue weighted by atomic mass is 9.99. The van der Waals surface area contributed by atoms with Gasteiger partial charge in [0.25, 0.3) is 0 Å². The van der Waals surface area contributed by atoms with Crippen molar-refractivity contribution in [1.82, 2.24) is 4.90 Å². The van der Waals surface area contributed by atoms with Crippen LogP contribution in [0.1, 0.15) is 41.0 Å². The fraction of sp³-hybridized carbons (Fsp3) is 0.923. The van der Waals surface area contributed by atoms with Gasteiger partial charge in [0.1, 0.15) is 6.61 Å². The number of carbonyl (C=O) groups is 1. The van der Waals surface area contributed by atoms with Crippen LogP contribution in [0.4, 0.5) is 0 Å². The Labute approximate surface area is 104 Å². The van der Waals surface area contributed by atoms with E-state index in [-0.39, 0.29) is 23.7 Å². The number of hydrogen-bond donors (Lipinski definition) is 0. The standard InChI is InChI=1S/C13H25NO3/c1-6-7-16-8-11(15)14-9-12(2,3)17-13(4,5)10-14/h6-10H2,1-5H3. The van der Waals surface area contributed by atoms with E-state index >= 15 is 0 Å². The van der Waals surface area contributed by atoms with E-state index in [9.17, 15) is 4.79 Å². The summed E-state index contributed by atoms with van der Waals surface area (Å²) in [6.07, 6.45) is 0.938. The third kappa shape index (κ3) is 4.64. The maximum Gasteiger partial charge on any atom is 0.248 e. The molecule has 4 nitrogen and oxygen atoms in total. The zero-order chi connectivity index (χ0) is 13.1. The Kier molecular flexibility index (Phi) is 4.55. The van der Waals surface area contributed by atoms with Gasteiger partial charge in [0, 0.05) is 19.7 Å². The van der Waals surface area contributed by atoms with E-state index in [1.54, 1.807) is 0 Å². The van der Waals surface area contributed by atoms with Gasteiger partial charge in [-0.05, 0) is 34.1 Å². The molecule has 17 heavy (non-hydrogen) atoms. The first-order valence-electron chi connectivity index (χ1n) is 6.31. The van der Waals surface area contributed by atoms with Gasteiger partial charge < -0.3 is 14.4 Å². The van der Waals surface area contributed by atoms with Gasteiger partial charge in [-0.25, -0.2) is 0 Å². The molecule has 0 aromatic rings. The van der Waals surface area contributed by atoms with Gasteiger partial charge in [-0.1, -0.05) is 6.92 Å². The Hall–Kier alpha value is -0.610. The van der Waals surface area contributed by atoms with E-state index in [1.807, 2.05) is 39.5 Å². The minimum absolute atomic E-state index is 0.0582. The SMILES string of the molecule is CCCOCC(=O)N1CC(C)(C)OC(C)(C)C1. The number of ether oxygens (including phenoxy) is 2. The number of nitrogens with zero attached hydrogens (tertiary/aromatic N) is 1. The number of rotatable bonds is 4. The van der Waals surface area contributed by atoms with Gasteiger partial charge in [0.05, 0.1) is 11.2 Å². The Morgan fingerprint density at radius 3 is 2.24 bits per heavy atom. The highest BCUT2D eigenvalue weighted by Gasteiger charge is 2.39. The predicted octanol–water partition coefficient (Wildman–Crippen LogP) is 1.83. The second-order valence-corrected chi connectivity index (χ2v) is 5.92. The van der Waals surface area contributed by atoms with Crippen LogP contribution in [0.2, 0.25) is 0 Å². The van der Waals surface area contributed by atoms with Crippen LogP contribution in [0.3, 0.4) is 0 Å². The molecule has 1 fully saturated rings. The van der Waals surface area contributed by atoms with Crippen molar-refractivity contribution in [3.8, 4) is 0 Å². The predicted molar refractivity (Wildman–Crippen MR) is 66.9 cm³/mol. The molecule has 0 aromatic carbocycles. The third-order valence-electron chi connectivity index (χ3n) is 2.62. The van der Waals surface area contributed by atoms with Crippen molar-refractivity contribution in [2.24, 2.45) is 0 Å². The summed E-state index contributed by atoms with van der Waals surface area (Å²) in [5, 5.41) is 0. The lowest BCUT2D eigenvalue weighted by Gasteiger charge is -2.47. The minimum Gasteiger partial charge on any atom is -0.372 e. The zero-order valence-corrected chi connectivity index (χ0v) is 11.7. The summed E-state index contributed by atoms with van der Waals surface area (Å²) in [4.78, 5) is 13.8. The van der Waals surface area contributed by atoms with Crippen molar-refractivity contribution < 1.29 is 14.3 Å². The van der Waals surface area contributed by atoms with Crippen LogP contribution in [0.15, 0.2) is 0 Å². The average Bonchev–Trinajstić information content (AvgIpc) is 2.13. The molecular formula is C13H25NO3. The molecule has 1 rings (SSSR count). The molecule has 0 aromatic heterocycles. The number of amides is 1. The van der Waals surface area contributed by atoms with Gasteiger partial charge in [0.15, 0.2) is 0 Å². The molecule has 0 N–H and O–H groups in total. The smallest absolute Gasteiger partial charge is 0.248 e. The molecular weight excluding hydrogens is 218 g/mol. The lowest BCUT2D eigenvalue weighted by molar-refractivity contribution is -0.189. The summed E-state index contributed by atoms with van der Waals surface area (Å²) < 4.78 is 11.2. The van der Waals surface area contributed by atoms with Crippen LogP contribution in [0.25, 0.3) is 0 Å². The molecule has 1 aliphatic heterocycles. The van der Waals surface area contributed by atoms with Crippen LogP contribution < -0.4 is 0 Å². The molecule has 0 unspecified atom stereocenters. The normalized spacial score (nSPS) is 22.5. The van der Waals surface area contributed by atoms with Crippen LogP contribution >= 0.6 is 0 Å². The lowest BCUT2D eigenvalue weighted by Crippen LogP contribution is -2.59. The summed E-state index contributed by atoms with van der Waals surface area (Å²) in [6, 6.07) is 0. The topological polar surface area (TPSA) is 38.8 Å². The van der Waals surface area contributed by atoms with Crippen molar-refractivity contribution >= 4 is 5.91 Å². The summed E-state index contributed by atoms with van der Waals surface area (Å²) in [5.74, 6) is 0.0582. The first-order chi connectivity index (χ1) is 7.76. The van der Waals surface area contributed by atoms with E-state index < -0.39 is 0 Å². The van der Waals surface area contributed by atoms with Gasteiger partial charge in [-0.15, -0.1) is 0 Å². The molecule has 1 heterocycles. The molecule has 4 heteroatoms. The molecule has 0 radical (unpaired) electrons. The van der Waals surface area contributed by atoms with Crippen molar-refractivity contribution in [1.29, 1.82) is 0 Å². The average molecular weight is 243 g/mol. The summed E-state index contributed by atoms with van der Waals surface area (Å²) in [7, 11) is 0. The summed E-state index contributed by atoms with van der Waals surface area (Å²) >= 11 is 0. The number of hydrogen-bond acceptors (Lipinski definition) is 3. The Morgan fingerprint density at radius 1 is 1.24 bits per heavy atom. The second-order valence-electron chi connectivity index (χ2n) is 5.92. The van der Waals surface area contributed by atoms with E-state index in [0.29, 0.717) is 19.7 Å². The van der Waals surface area contributed by atoms with Crippen molar-refractivity contribution in [3.05, 3.63) is 0 Å². The van der Waals surface area contributed by atoms with E-state index in [4.69, 9.17) is 9.47 Å². The first-order valence-corrected chi connectivity index (χ1v) is 6.31. The second kappa shape index (κ2) is 5.36. The Morgan fingerprint density at radius 2 is 1.76 bits per heavy atom. The van der Waals surface area contributed by atoms with Gasteiger partial charge in [0.2, 0.25) is 5.91 Å². The van der Waals surface area contributed by atoms with Gasteiger partial charge in [-0.3, -0.25) is 4.79 Å². The molecule has 0 aliphatic carbocycles. The molecule has 100 valence electrons. The fourth-order valence-corrected chi connectivity index (χ4v) is 2.36. The molecule has 0 spiro atoms. The molecule has 0 saturated carbocycles. The zero-order valence-electron chi connectivity index (χ0n) is 11.7. The summed E-state index contributed by atoms with van der Waals surface area (Å²) in [6.45, 7) is 12.2. The number of morpholine rings is 1. The van der Waals surface area contributed by atoms with Gasteiger partial charge in [-0.2, -0.15) is 0 Å². The van der Waals surface area contributed by atoms with E-state index in [0.717, 1.165) is 6.42 Å². The molecule has 1 amide bonds. The Bertz CT molecular complexity index is 258.